The Bertz CT molecular complexity index is 1030. The zero-order valence-electron chi connectivity index (χ0n) is 15.9. The molecule has 3 aromatic carbocycles. The summed E-state index contributed by atoms with van der Waals surface area (Å²) in [5.41, 5.74) is 7.10. The van der Waals surface area contributed by atoms with E-state index >= 15 is 0 Å². The van der Waals surface area contributed by atoms with E-state index in [2.05, 4.69) is 83.5 Å². The lowest BCUT2D eigenvalue weighted by atomic mass is 9.98. The minimum atomic E-state index is 1.08. The first-order valence-corrected chi connectivity index (χ1v) is 10.8. The van der Waals surface area contributed by atoms with E-state index in [-0.39, 0.29) is 0 Å². The van der Waals surface area contributed by atoms with Crippen LogP contribution in [0.5, 0.6) is 0 Å². The van der Waals surface area contributed by atoms with Crippen molar-refractivity contribution in [3.05, 3.63) is 84.4 Å². The van der Waals surface area contributed by atoms with Crippen LogP contribution in [0.1, 0.15) is 30.4 Å². The molecule has 5 rings (SSSR count). The van der Waals surface area contributed by atoms with Crippen LogP contribution >= 0.6 is 11.8 Å². The summed E-state index contributed by atoms with van der Waals surface area (Å²) >= 11 is 1.82. The fourth-order valence-corrected chi connectivity index (χ4v) is 5.00. The van der Waals surface area contributed by atoms with Gasteiger partial charge in [0.05, 0.1) is 11.4 Å². The van der Waals surface area contributed by atoms with E-state index < -0.39 is 0 Å². The number of benzene rings is 3. The second-order valence-corrected chi connectivity index (χ2v) is 8.59. The number of fused-ring (bicyclic) bond motifs is 2. The summed E-state index contributed by atoms with van der Waals surface area (Å²) in [6.07, 6.45) is 3.94. The van der Waals surface area contributed by atoms with Crippen molar-refractivity contribution in [2.24, 2.45) is 0 Å². The molecule has 0 saturated carbocycles. The van der Waals surface area contributed by atoms with Gasteiger partial charge in [0.25, 0.3) is 0 Å². The van der Waals surface area contributed by atoms with Gasteiger partial charge >= 0.3 is 0 Å². The van der Waals surface area contributed by atoms with Crippen LogP contribution in [0.15, 0.2) is 83.1 Å². The first kappa shape index (κ1) is 17.4. The molecule has 2 heterocycles. The highest BCUT2D eigenvalue weighted by molar-refractivity contribution is 7.99. The second-order valence-electron chi connectivity index (χ2n) is 7.51. The van der Waals surface area contributed by atoms with Crippen molar-refractivity contribution < 1.29 is 0 Å². The first-order valence-electron chi connectivity index (χ1n) is 10.0. The maximum absolute atomic E-state index is 4.42. The number of anilines is 3. The van der Waals surface area contributed by atoms with Crippen LogP contribution in [0, 0.1) is 0 Å². The van der Waals surface area contributed by atoms with Crippen molar-refractivity contribution >= 4 is 34.4 Å². The van der Waals surface area contributed by atoms with Crippen LogP contribution < -0.4 is 10.2 Å². The van der Waals surface area contributed by atoms with Gasteiger partial charge in [-0.05, 0) is 72.4 Å². The predicted molar refractivity (Wildman–Crippen MR) is 121 cm³/mol. The number of piperidine rings is 1. The third-order valence-electron chi connectivity index (χ3n) is 5.62. The Labute approximate surface area is 171 Å². The largest absolute Gasteiger partial charge is 0.372 e. The van der Waals surface area contributed by atoms with Gasteiger partial charge in [-0.15, -0.1) is 0 Å². The van der Waals surface area contributed by atoms with Gasteiger partial charge in [0.1, 0.15) is 0 Å². The standard InChI is InChI=1S/C25H24N2S/c1-18(19-8-7-9-21(16-19)27-14-5-2-6-15-27)20-12-13-25-23(17-20)26-22-10-3-4-11-24(22)28-25/h3-4,7-13,16-17,26H,1-2,5-6,14-15H2. The Kier molecular flexibility index (Phi) is 4.61. The predicted octanol–water partition coefficient (Wildman–Crippen LogP) is 6.95. The highest BCUT2D eigenvalue weighted by Gasteiger charge is 2.17. The van der Waals surface area contributed by atoms with Gasteiger partial charge in [0, 0.05) is 28.6 Å². The lowest BCUT2D eigenvalue weighted by molar-refractivity contribution is 0.578. The maximum Gasteiger partial charge on any atom is 0.0532 e. The normalized spacial score (nSPS) is 15.4. The Morgan fingerprint density at radius 1 is 0.786 bits per heavy atom. The van der Waals surface area contributed by atoms with Crippen LogP contribution in [0.3, 0.4) is 0 Å². The van der Waals surface area contributed by atoms with Gasteiger partial charge < -0.3 is 10.2 Å². The van der Waals surface area contributed by atoms with Gasteiger partial charge in [-0.3, -0.25) is 0 Å². The van der Waals surface area contributed by atoms with Crippen molar-refractivity contribution in [1.29, 1.82) is 0 Å². The molecule has 2 aliphatic heterocycles. The molecule has 1 fully saturated rings. The first-order chi connectivity index (χ1) is 13.8. The third-order valence-corrected chi connectivity index (χ3v) is 6.77. The van der Waals surface area contributed by atoms with E-state index in [9.17, 15) is 0 Å². The van der Waals surface area contributed by atoms with Gasteiger partial charge in [-0.1, -0.05) is 48.7 Å². The van der Waals surface area contributed by atoms with E-state index in [1.54, 1.807) is 0 Å². The average Bonchev–Trinajstić information content (AvgIpc) is 2.77. The van der Waals surface area contributed by atoms with Gasteiger partial charge in [-0.2, -0.15) is 0 Å². The van der Waals surface area contributed by atoms with Gasteiger partial charge in [-0.25, -0.2) is 0 Å². The monoisotopic (exact) mass is 384 g/mol. The van der Waals surface area contributed by atoms with Crippen LogP contribution in [0.4, 0.5) is 17.1 Å². The number of rotatable bonds is 3. The molecule has 28 heavy (non-hydrogen) atoms. The van der Waals surface area contributed by atoms with Crippen molar-refractivity contribution in [3.63, 3.8) is 0 Å². The van der Waals surface area contributed by atoms with Crippen molar-refractivity contribution in [1.82, 2.24) is 0 Å². The number of para-hydroxylation sites is 1. The lowest BCUT2D eigenvalue weighted by Crippen LogP contribution is -2.29. The maximum atomic E-state index is 4.42. The van der Waals surface area contributed by atoms with Crippen molar-refractivity contribution in [3.8, 4) is 0 Å². The zero-order chi connectivity index (χ0) is 18.9. The minimum Gasteiger partial charge on any atom is -0.372 e. The van der Waals surface area contributed by atoms with Crippen molar-refractivity contribution in [2.75, 3.05) is 23.3 Å². The molecule has 2 nitrogen and oxygen atoms in total. The Hall–Kier alpha value is -2.65. The van der Waals surface area contributed by atoms with E-state index in [1.807, 2.05) is 11.8 Å². The van der Waals surface area contributed by atoms with Crippen LogP contribution in [-0.4, -0.2) is 13.1 Å². The van der Waals surface area contributed by atoms with E-state index in [1.165, 1.54) is 51.6 Å². The summed E-state index contributed by atoms with van der Waals surface area (Å²) in [4.78, 5) is 5.04. The fourth-order valence-electron chi connectivity index (χ4n) is 4.04. The minimum absolute atomic E-state index is 1.08. The summed E-state index contributed by atoms with van der Waals surface area (Å²) in [5, 5.41) is 3.58. The molecule has 2 aliphatic rings. The molecule has 1 N–H and O–H groups in total. The third kappa shape index (κ3) is 3.31. The molecule has 0 bridgehead atoms. The summed E-state index contributed by atoms with van der Waals surface area (Å²) in [6, 6.07) is 23.9. The summed E-state index contributed by atoms with van der Waals surface area (Å²) < 4.78 is 0. The Morgan fingerprint density at radius 3 is 2.46 bits per heavy atom. The second kappa shape index (κ2) is 7.40. The summed E-state index contributed by atoms with van der Waals surface area (Å²) in [6.45, 7) is 6.75. The molecule has 0 spiro atoms. The molecule has 1 saturated heterocycles. The molecule has 0 amide bonds. The molecular formula is C25H24N2S. The number of hydrogen-bond donors (Lipinski definition) is 1. The Morgan fingerprint density at radius 2 is 1.57 bits per heavy atom. The molecule has 0 unspecified atom stereocenters. The molecule has 0 aliphatic carbocycles. The highest BCUT2D eigenvalue weighted by atomic mass is 32.2. The fraction of sp³-hybridized carbons (Fsp3) is 0.200. The zero-order valence-corrected chi connectivity index (χ0v) is 16.8. The van der Waals surface area contributed by atoms with Gasteiger partial charge in [0.15, 0.2) is 0 Å². The van der Waals surface area contributed by atoms with Crippen LogP contribution in [0.25, 0.3) is 5.57 Å². The summed E-state index contributed by atoms with van der Waals surface area (Å²) in [7, 11) is 0. The van der Waals surface area contributed by atoms with Crippen molar-refractivity contribution in [2.45, 2.75) is 29.1 Å². The van der Waals surface area contributed by atoms with E-state index in [4.69, 9.17) is 0 Å². The molecule has 0 radical (unpaired) electrons. The van der Waals surface area contributed by atoms with Crippen LogP contribution in [0.2, 0.25) is 0 Å². The van der Waals surface area contributed by atoms with Crippen LogP contribution in [-0.2, 0) is 0 Å². The lowest BCUT2D eigenvalue weighted by Gasteiger charge is -2.29. The highest BCUT2D eigenvalue weighted by Crippen LogP contribution is 2.45. The molecule has 0 aromatic heterocycles. The topological polar surface area (TPSA) is 15.3 Å². The molecular weight excluding hydrogens is 360 g/mol. The summed E-state index contributed by atoms with van der Waals surface area (Å²) in [5.74, 6) is 0. The number of nitrogens with one attached hydrogen (secondary N) is 1. The quantitative estimate of drug-likeness (QED) is 0.411. The molecule has 3 aromatic rings. The van der Waals surface area contributed by atoms with E-state index in [0.717, 1.165) is 24.4 Å². The van der Waals surface area contributed by atoms with E-state index in [0.29, 0.717) is 0 Å². The smallest absolute Gasteiger partial charge is 0.0532 e. The average molecular weight is 385 g/mol. The Balaban J connectivity index is 1.42. The molecule has 3 heteroatoms. The molecule has 0 atom stereocenters. The number of nitrogens with zero attached hydrogens (tertiary/aromatic N) is 1. The molecule has 140 valence electrons. The SMILES string of the molecule is C=C(c1cccc(N2CCCCC2)c1)c1ccc2c(c1)Nc1ccccc1S2. The number of hydrogen-bond acceptors (Lipinski definition) is 3. The van der Waals surface area contributed by atoms with Gasteiger partial charge in [0.2, 0.25) is 0 Å².